The van der Waals surface area contributed by atoms with Crippen molar-refractivity contribution in [3.63, 3.8) is 0 Å². The van der Waals surface area contributed by atoms with Crippen LogP contribution in [0.5, 0.6) is 0 Å². The first-order chi connectivity index (χ1) is 11.9. The first-order valence-electron chi connectivity index (χ1n) is 8.54. The van der Waals surface area contributed by atoms with E-state index in [0.29, 0.717) is 11.1 Å². The van der Waals surface area contributed by atoms with E-state index < -0.39 is 11.6 Å². The molecule has 0 aliphatic rings. The number of hydrogen-bond donors (Lipinski definition) is 1. The Labute approximate surface area is 148 Å². The Hall–Kier alpha value is -2.26. The molecule has 0 amide bonds. The Bertz CT molecular complexity index is 815. The van der Waals surface area contributed by atoms with Gasteiger partial charge in [-0.1, -0.05) is 37.3 Å². The molecule has 132 valence electrons. The van der Waals surface area contributed by atoms with E-state index in [0.717, 1.165) is 23.1 Å². The molecule has 0 heterocycles. The van der Waals surface area contributed by atoms with Gasteiger partial charge in [0.1, 0.15) is 0 Å². The maximum Gasteiger partial charge on any atom is 0.166 e. The molecule has 25 heavy (non-hydrogen) atoms. The van der Waals surface area contributed by atoms with Crippen LogP contribution in [0.4, 0.5) is 8.78 Å². The summed E-state index contributed by atoms with van der Waals surface area (Å²) in [6.45, 7) is 7.86. The maximum absolute atomic E-state index is 14.6. The predicted molar refractivity (Wildman–Crippen MR) is 102 cm³/mol. The van der Waals surface area contributed by atoms with Crippen LogP contribution in [-0.2, 0) is 6.42 Å². The van der Waals surface area contributed by atoms with Crippen LogP contribution in [0.25, 0.3) is 11.1 Å². The van der Waals surface area contributed by atoms with Crippen molar-refractivity contribution in [3.8, 4) is 0 Å². The van der Waals surface area contributed by atoms with E-state index in [2.05, 4.69) is 6.92 Å². The van der Waals surface area contributed by atoms with E-state index in [1.807, 2.05) is 44.2 Å². The molecule has 0 saturated carbocycles. The number of allylic oxidation sites excluding steroid dienone is 3. The van der Waals surface area contributed by atoms with Crippen molar-refractivity contribution in [2.75, 3.05) is 6.54 Å². The van der Waals surface area contributed by atoms with Gasteiger partial charge in [0.15, 0.2) is 11.6 Å². The molecule has 0 bridgehead atoms. The number of aryl methyl sites for hydroxylation is 2. The lowest BCUT2D eigenvalue weighted by atomic mass is 9.88. The summed E-state index contributed by atoms with van der Waals surface area (Å²) in [5, 5.41) is 0. The number of rotatable bonds is 5. The Balaban J connectivity index is 2.79. The molecule has 0 aromatic heterocycles. The van der Waals surface area contributed by atoms with Gasteiger partial charge >= 0.3 is 0 Å². The number of benzene rings is 2. The van der Waals surface area contributed by atoms with Crippen molar-refractivity contribution in [1.29, 1.82) is 0 Å². The summed E-state index contributed by atoms with van der Waals surface area (Å²) >= 11 is 0. The van der Waals surface area contributed by atoms with Gasteiger partial charge in [0, 0.05) is 12.1 Å². The molecular weight excluding hydrogens is 316 g/mol. The summed E-state index contributed by atoms with van der Waals surface area (Å²) in [6.07, 6.45) is 2.84. The molecule has 0 fully saturated rings. The second-order valence-electron chi connectivity index (χ2n) is 6.19. The molecule has 2 rings (SSSR count). The third-order valence-corrected chi connectivity index (χ3v) is 4.49. The van der Waals surface area contributed by atoms with Crippen LogP contribution in [0.2, 0.25) is 0 Å². The summed E-state index contributed by atoms with van der Waals surface area (Å²) in [5.74, 6) is -1.67. The summed E-state index contributed by atoms with van der Waals surface area (Å²) in [5.41, 5.74) is 11.4. The molecular formula is C22H25F2N. The molecule has 0 saturated heterocycles. The summed E-state index contributed by atoms with van der Waals surface area (Å²) < 4.78 is 28.6. The van der Waals surface area contributed by atoms with Crippen molar-refractivity contribution < 1.29 is 8.78 Å². The average Bonchev–Trinajstić information content (AvgIpc) is 2.62. The number of halogens is 2. The van der Waals surface area contributed by atoms with Gasteiger partial charge in [-0.2, -0.15) is 0 Å². The minimum atomic E-state index is -0.839. The summed E-state index contributed by atoms with van der Waals surface area (Å²) in [7, 11) is 0. The van der Waals surface area contributed by atoms with Crippen molar-refractivity contribution >= 4 is 11.1 Å². The molecule has 3 heteroatoms. The monoisotopic (exact) mass is 341 g/mol. The highest BCUT2D eigenvalue weighted by Gasteiger charge is 2.19. The van der Waals surface area contributed by atoms with Gasteiger partial charge < -0.3 is 5.73 Å². The standard InChI is InChI=1S/C22H25F2N/c1-5-15(4)21(18-11-14(3)12-20(23)22(18)24)19(13-25)17-9-7-16(6-2)8-10-17/h5,7-12H,6,13,25H2,1-4H3/b15-5-,21-19+. The quantitative estimate of drug-likeness (QED) is 0.550. The summed E-state index contributed by atoms with van der Waals surface area (Å²) in [6, 6.07) is 11.0. The smallest absolute Gasteiger partial charge is 0.166 e. The fourth-order valence-electron chi connectivity index (χ4n) is 2.97. The zero-order valence-electron chi connectivity index (χ0n) is 15.3. The third-order valence-electron chi connectivity index (χ3n) is 4.49. The minimum Gasteiger partial charge on any atom is -0.326 e. The second-order valence-corrected chi connectivity index (χ2v) is 6.19. The molecule has 1 nitrogen and oxygen atoms in total. The normalized spacial score (nSPS) is 13.0. The van der Waals surface area contributed by atoms with E-state index in [4.69, 9.17) is 5.73 Å². The van der Waals surface area contributed by atoms with Crippen LogP contribution >= 0.6 is 0 Å². The molecule has 2 N–H and O–H groups in total. The zero-order chi connectivity index (χ0) is 18.6. The minimum absolute atomic E-state index is 0.237. The van der Waals surface area contributed by atoms with E-state index in [1.165, 1.54) is 11.6 Å². The Morgan fingerprint density at radius 2 is 1.76 bits per heavy atom. The first-order valence-corrected chi connectivity index (χ1v) is 8.54. The predicted octanol–water partition coefficient (Wildman–Crippen LogP) is 5.67. The molecule has 2 aromatic rings. The van der Waals surface area contributed by atoms with Crippen LogP contribution in [0.1, 0.15) is 43.0 Å². The highest BCUT2D eigenvalue weighted by molar-refractivity contribution is 5.98. The Morgan fingerprint density at radius 3 is 2.28 bits per heavy atom. The lowest BCUT2D eigenvalue weighted by molar-refractivity contribution is 0.505. The van der Waals surface area contributed by atoms with E-state index >= 15 is 0 Å². The molecule has 0 aliphatic heterocycles. The molecule has 0 radical (unpaired) electrons. The van der Waals surface area contributed by atoms with Crippen LogP contribution in [0.15, 0.2) is 48.0 Å². The van der Waals surface area contributed by atoms with E-state index in [1.54, 1.807) is 13.0 Å². The van der Waals surface area contributed by atoms with Gasteiger partial charge in [-0.15, -0.1) is 0 Å². The highest BCUT2D eigenvalue weighted by Crippen LogP contribution is 2.34. The van der Waals surface area contributed by atoms with Gasteiger partial charge in [0.05, 0.1) is 0 Å². The molecule has 2 aromatic carbocycles. The van der Waals surface area contributed by atoms with Gasteiger partial charge in [-0.25, -0.2) is 8.78 Å². The summed E-state index contributed by atoms with van der Waals surface area (Å²) in [4.78, 5) is 0. The second kappa shape index (κ2) is 8.21. The molecule has 0 spiro atoms. The molecule has 0 unspecified atom stereocenters. The zero-order valence-corrected chi connectivity index (χ0v) is 15.3. The van der Waals surface area contributed by atoms with Crippen LogP contribution in [0.3, 0.4) is 0 Å². The maximum atomic E-state index is 14.6. The van der Waals surface area contributed by atoms with Crippen LogP contribution in [-0.4, -0.2) is 6.54 Å². The first kappa shape index (κ1) is 19.1. The molecule has 0 aliphatic carbocycles. The SMILES string of the molecule is C/C=C(C)\C(=C(\CN)c1ccc(CC)cc1)c1cc(C)cc(F)c1F. The Morgan fingerprint density at radius 1 is 1.12 bits per heavy atom. The van der Waals surface area contributed by atoms with Crippen molar-refractivity contribution in [3.05, 3.63) is 81.9 Å². The van der Waals surface area contributed by atoms with E-state index in [9.17, 15) is 8.78 Å². The molecule has 0 atom stereocenters. The number of nitrogens with two attached hydrogens (primary N) is 1. The van der Waals surface area contributed by atoms with Gasteiger partial charge in [-0.05, 0) is 72.7 Å². The van der Waals surface area contributed by atoms with Crippen molar-refractivity contribution in [2.45, 2.75) is 34.1 Å². The van der Waals surface area contributed by atoms with Crippen LogP contribution in [0, 0.1) is 18.6 Å². The number of hydrogen-bond acceptors (Lipinski definition) is 1. The van der Waals surface area contributed by atoms with Gasteiger partial charge in [0.25, 0.3) is 0 Å². The lowest BCUT2D eigenvalue weighted by Gasteiger charge is -2.18. The Kier molecular flexibility index (Phi) is 6.27. The fourth-order valence-corrected chi connectivity index (χ4v) is 2.97. The van der Waals surface area contributed by atoms with E-state index in [-0.39, 0.29) is 12.1 Å². The van der Waals surface area contributed by atoms with Crippen molar-refractivity contribution in [2.24, 2.45) is 5.73 Å². The van der Waals surface area contributed by atoms with Crippen molar-refractivity contribution in [1.82, 2.24) is 0 Å². The third kappa shape index (κ3) is 4.05. The highest BCUT2D eigenvalue weighted by atomic mass is 19.2. The van der Waals surface area contributed by atoms with Gasteiger partial charge in [0.2, 0.25) is 0 Å². The van der Waals surface area contributed by atoms with Gasteiger partial charge in [-0.3, -0.25) is 0 Å². The fraction of sp³-hybridized carbons (Fsp3) is 0.273. The van der Waals surface area contributed by atoms with Crippen LogP contribution < -0.4 is 5.73 Å². The lowest BCUT2D eigenvalue weighted by Crippen LogP contribution is -2.08. The topological polar surface area (TPSA) is 26.0 Å². The average molecular weight is 341 g/mol. The largest absolute Gasteiger partial charge is 0.326 e.